The van der Waals surface area contributed by atoms with Crippen LogP contribution < -0.4 is 10.1 Å². The third-order valence-corrected chi connectivity index (χ3v) is 3.41. The number of carbonyl (C=O) groups excluding carboxylic acids is 1. The monoisotopic (exact) mass is 278 g/mol. The Hall–Kier alpha value is -2.11. The standard InChI is InChI=1S/C14H18N2O4/c1-3-20-13-7-6-11(8-12(13)16(18)19)14(17)15-9(2)10-4-5-10/h6-10H,3-5H2,1-2H3,(H,15,17). The molecule has 20 heavy (non-hydrogen) atoms. The second-order valence-corrected chi connectivity index (χ2v) is 4.97. The van der Waals surface area contributed by atoms with E-state index in [1.54, 1.807) is 13.0 Å². The molecular formula is C14H18N2O4. The summed E-state index contributed by atoms with van der Waals surface area (Å²) in [5, 5.41) is 13.9. The van der Waals surface area contributed by atoms with Gasteiger partial charge in [0.1, 0.15) is 0 Å². The highest BCUT2D eigenvalue weighted by Gasteiger charge is 2.29. The molecule has 0 heterocycles. The number of amides is 1. The maximum Gasteiger partial charge on any atom is 0.311 e. The van der Waals surface area contributed by atoms with Gasteiger partial charge in [0.15, 0.2) is 5.75 Å². The van der Waals surface area contributed by atoms with E-state index in [2.05, 4.69) is 5.32 Å². The second kappa shape index (κ2) is 5.90. The molecule has 1 atom stereocenters. The molecule has 0 aromatic heterocycles. The molecule has 0 radical (unpaired) electrons. The van der Waals surface area contributed by atoms with E-state index in [9.17, 15) is 14.9 Å². The van der Waals surface area contributed by atoms with Gasteiger partial charge in [0.25, 0.3) is 5.91 Å². The molecule has 6 nitrogen and oxygen atoms in total. The van der Waals surface area contributed by atoms with E-state index in [0.717, 1.165) is 12.8 Å². The number of nitrogens with one attached hydrogen (secondary N) is 1. The topological polar surface area (TPSA) is 81.5 Å². The number of nitrogens with zero attached hydrogens (tertiary/aromatic N) is 1. The molecule has 0 saturated heterocycles. The van der Waals surface area contributed by atoms with Crippen LogP contribution in [0.3, 0.4) is 0 Å². The van der Waals surface area contributed by atoms with Crippen LogP contribution in [0.25, 0.3) is 0 Å². The summed E-state index contributed by atoms with van der Waals surface area (Å²) in [6.07, 6.45) is 2.26. The van der Waals surface area contributed by atoms with Gasteiger partial charge in [-0.2, -0.15) is 0 Å². The average Bonchev–Trinajstić information content (AvgIpc) is 3.23. The van der Waals surface area contributed by atoms with Crippen LogP contribution >= 0.6 is 0 Å². The third-order valence-electron chi connectivity index (χ3n) is 3.41. The molecule has 1 aromatic rings. The number of benzene rings is 1. The Balaban J connectivity index is 2.16. The van der Waals surface area contributed by atoms with E-state index in [1.807, 2.05) is 6.92 Å². The molecule has 1 unspecified atom stereocenters. The van der Waals surface area contributed by atoms with Crippen LogP contribution in [0.4, 0.5) is 5.69 Å². The van der Waals surface area contributed by atoms with Crippen molar-refractivity contribution >= 4 is 11.6 Å². The molecular weight excluding hydrogens is 260 g/mol. The fourth-order valence-corrected chi connectivity index (χ4v) is 2.08. The van der Waals surface area contributed by atoms with Gasteiger partial charge in [0, 0.05) is 17.7 Å². The summed E-state index contributed by atoms with van der Waals surface area (Å²) in [4.78, 5) is 22.5. The zero-order chi connectivity index (χ0) is 14.7. The highest BCUT2D eigenvalue weighted by Crippen LogP contribution is 2.33. The minimum Gasteiger partial charge on any atom is -0.487 e. The normalized spacial score (nSPS) is 15.5. The van der Waals surface area contributed by atoms with Crippen molar-refractivity contribution in [1.82, 2.24) is 5.32 Å². The molecule has 0 spiro atoms. The van der Waals surface area contributed by atoms with Crippen molar-refractivity contribution in [3.05, 3.63) is 33.9 Å². The fourth-order valence-electron chi connectivity index (χ4n) is 2.08. The Morgan fingerprint density at radius 3 is 2.80 bits per heavy atom. The van der Waals surface area contributed by atoms with Crippen LogP contribution in [-0.4, -0.2) is 23.5 Å². The quantitative estimate of drug-likeness (QED) is 0.640. The lowest BCUT2D eigenvalue weighted by Gasteiger charge is -2.13. The van der Waals surface area contributed by atoms with E-state index in [-0.39, 0.29) is 28.9 Å². The number of hydrogen-bond acceptors (Lipinski definition) is 4. The molecule has 2 rings (SSSR count). The number of nitro benzene ring substituents is 1. The zero-order valence-corrected chi connectivity index (χ0v) is 11.6. The van der Waals surface area contributed by atoms with Gasteiger partial charge in [0.05, 0.1) is 11.5 Å². The van der Waals surface area contributed by atoms with E-state index in [0.29, 0.717) is 12.5 Å². The van der Waals surface area contributed by atoms with Gasteiger partial charge in [0.2, 0.25) is 0 Å². The lowest BCUT2D eigenvalue weighted by Crippen LogP contribution is -2.33. The summed E-state index contributed by atoms with van der Waals surface area (Å²) in [5.74, 6) is 0.441. The number of carbonyl (C=O) groups is 1. The first kappa shape index (κ1) is 14.3. The predicted molar refractivity (Wildman–Crippen MR) is 73.9 cm³/mol. The molecule has 1 saturated carbocycles. The molecule has 1 aliphatic carbocycles. The highest BCUT2D eigenvalue weighted by atomic mass is 16.6. The lowest BCUT2D eigenvalue weighted by atomic mass is 10.1. The molecule has 0 bridgehead atoms. The van der Waals surface area contributed by atoms with E-state index < -0.39 is 4.92 Å². The van der Waals surface area contributed by atoms with Crippen LogP contribution in [0.1, 0.15) is 37.0 Å². The SMILES string of the molecule is CCOc1ccc(C(=O)NC(C)C2CC2)cc1[N+](=O)[O-]. The van der Waals surface area contributed by atoms with Crippen LogP contribution in [-0.2, 0) is 0 Å². The fraction of sp³-hybridized carbons (Fsp3) is 0.500. The summed E-state index contributed by atoms with van der Waals surface area (Å²) >= 11 is 0. The van der Waals surface area contributed by atoms with Gasteiger partial charge in [-0.1, -0.05) is 0 Å². The van der Waals surface area contributed by atoms with Crippen molar-refractivity contribution in [1.29, 1.82) is 0 Å². The number of rotatable bonds is 6. The molecule has 0 aliphatic heterocycles. The van der Waals surface area contributed by atoms with Crippen LogP contribution in [0, 0.1) is 16.0 Å². The van der Waals surface area contributed by atoms with Crippen molar-refractivity contribution in [2.75, 3.05) is 6.61 Å². The van der Waals surface area contributed by atoms with Gasteiger partial charge >= 0.3 is 5.69 Å². The van der Waals surface area contributed by atoms with E-state index >= 15 is 0 Å². The van der Waals surface area contributed by atoms with Gasteiger partial charge in [-0.3, -0.25) is 14.9 Å². The van der Waals surface area contributed by atoms with Gasteiger partial charge in [-0.05, 0) is 44.7 Å². The molecule has 1 amide bonds. The molecule has 1 N–H and O–H groups in total. The third kappa shape index (κ3) is 3.26. The second-order valence-electron chi connectivity index (χ2n) is 4.97. The average molecular weight is 278 g/mol. The summed E-state index contributed by atoms with van der Waals surface area (Å²) in [7, 11) is 0. The highest BCUT2D eigenvalue weighted by molar-refractivity contribution is 5.95. The van der Waals surface area contributed by atoms with E-state index in [1.165, 1.54) is 12.1 Å². The van der Waals surface area contributed by atoms with Crippen LogP contribution in [0.2, 0.25) is 0 Å². The van der Waals surface area contributed by atoms with Crippen LogP contribution in [0.15, 0.2) is 18.2 Å². The minimum atomic E-state index is -0.536. The predicted octanol–water partition coefficient (Wildman–Crippen LogP) is 2.52. The molecule has 1 aliphatic rings. The maximum atomic E-state index is 12.1. The first-order valence-corrected chi connectivity index (χ1v) is 6.75. The lowest BCUT2D eigenvalue weighted by molar-refractivity contribution is -0.385. The van der Waals surface area contributed by atoms with Crippen molar-refractivity contribution in [3.63, 3.8) is 0 Å². The molecule has 1 fully saturated rings. The largest absolute Gasteiger partial charge is 0.487 e. The smallest absolute Gasteiger partial charge is 0.311 e. The Kier molecular flexibility index (Phi) is 4.22. The Bertz CT molecular complexity index is 526. The van der Waals surface area contributed by atoms with Crippen molar-refractivity contribution in [2.24, 2.45) is 5.92 Å². The van der Waals surface area contributed by atoms with E-state index in [4.69, 9.17) is 4.74 Å². The first-order valence-electron chi connectivity index (χ1n) is 6.75. The summed E-state index contributed by atoms with van der Waals surface area (Å²) in [6, 6.07) is 4.39. The Morgan fingerprint density at radius 2 is 2.25 bits per heavy atom. The number of ether oxygens (including phenoxy) is 1. The Labute approximate surface area is 117 Å². The number of nitro groups is 1. The van der Waals surface area contributed by atoms with Crippen molar-refractivity contribution in [3.8, 4) is 5.75 Å². The molecule has 1 aromatic carbocycles. The van der Waals surface area contributed by atoms with Gasteiger partial charge < -0.3 is 10.1 Å². The molecule has 108 valence electrons. The van der Waals surface area contributed by atoms with Gasteiger partial charge in [-0.25, -0.2) is 0 Å². The molecule has 6 heteroatoms. The number of hydrogen-bond donors (Lipinski definition) is 1. The summed E-state index contributed by atoms with van der Waals surface area (Å²) in [6.45, 7) is 4.05. The first-order chi connectivity index (χ1) is 9.52. The maximum absolute atomic E-state index is 12.1. The van der Waals surface area contributed by atoms with Gasteiger partial charge in [-0.15, -0.1) is 0 Å². The zero-order valence-electron chi connectivity index (χ0n) is 11.6. The summed E-state index contributed by atoms with van der Waals surface area (Å²) < 4.78 is 5.19. The summed E-state index contributed by atoms with van der Waals surface area (Å²) in [5.41, 5.74) is 0.103. The van der Waals surface area contributed by atoms with Crippen molar-refractivity contribution < 1.29 is 14.5 Å². The van der Waals surface area contributed by atoms with Crippen molar-refractivity contribution in [2.45, 2.75) is 32.7 Å². The minimum absolute atomic E-state index is 0.105. The van der Waals surface area contributed by atoms with Crippen LogP contribution in [0.5, 0.6) is 5.75 Å². The Morgan fingerprint density at radius 1 is 1.55 bits per heavy atom.